The SMILES string of the molecule is CCCCN(C)CC(C)=CC(=O)O. The summed E-state index contributed by atoms with van der Waals surface area (Å²) in [7, 11) is 2.01. The summed E-state index contributed by atoms with van der Waals surface area (Å²) in [5.41, 5.74) is 0.895. The van der Waals surface area contributed by atoms with Gasteiger partial charge in [-0.05, 0) is 26.9 Å². The molecule has 0 aliphatic carbocycles. The van der Waals surface area contributed by atoms with E-state index in [1.54, 1.807) is 0 Å². The van der Waals surface area contributed by atoms with Crippen LogP contribution in [0, 0.1) is 0 Å². The highest BCUT2D eigenvalue weighted by atomic mass is 16.4. The van der Waals surface area contributed by atoms with Crippen molar-refractivity contribution >= 4 is 5.97 Å². The maximum absolute atomic E-state index is 10.3. The largest absolute Gasteiger partial charge is 0.478 e. The van der Waals surface area contributed by atoms with Crippen LogP contribution in [-0.4, -0.2) is 36.1 Å². The molecule has 0 aliphatic rings. The van der Waals surface area contributed by atoms with Crippen LogP contribution in [0.5, 0.6) is 0 Å². The Bertz CT molecular complexity index is 187. The Balaban J connectivity index is 3.77. The summed E-state index contributed by atoms with van der Waals surface area (Å²) in [6.45, 7) is 5.76. The van der Waals surface area contributed by atoms with Gasteiger partial charge in [0.1, 0.15) is 0 Å². The van der Waals surface area contributed by atoms with Gasteiger partial charge in [0.25, 0.3) is 0 Å². The van der Waals surface area contributed by atoms with E-state index in [1.165, 1.54) is 12.5 Å². The van der Waals surface area contributed by atoms with Gasteiger partial charge in [-0.1, -0.05) is 18.9 Å². The number of aliphatic carboxylic acids is 1. The molecule has 0 radical (unpaired) electrons. The smallest absolute Gasteiger partial charge is 0.328 e. The van der Waals surface area contributed by atoms with Gasteiger partial charge in [-0.25, -0.2) is 4.79 Å². The van der Waals surface area contributed by atoms with E-state index < -0.39 is 5.97 Å². The fourth-order valence-corrected chi connectivity index (χ4v) is 1.19. The molecule has 0 aromatic heterocycles. The van der Waals surface area contributed by atoms with Crippen LogP contribution in [0.4, 0.5) is 0 Å². The van der Waals surface area contributed by atoms with E-state index in [1.807, 2.05) is 14.0 Å². The van der Waals surface area contributed by atoms with Crippen molar-refractivity contribution < 1.29 is 9.90 Å². The molecule has 13 heavy (non-hydrogen) atoms. The number of rotatable bonds is 6. The molecule has 76 valence electrons. The van der Waals surface area contributed by atoms with Gasteiger partial charge < -0.3 is 10.0 Å². The molecule has 0 fully saturated rings. The highest BCUT2D eigenvalue weighted by Crippen LogP contribution is 1.98. The monoisotopic (exact) mass is 185 g/mol. The van der Waals surface area contributed by atoms with Gasteiger partial charge in [-0.15, -0.1) is 0 Å². The van der Waals surface area contributed by atoms with Crippen LogP contribution in [0.1, 0.15) is 26.7 Å². The standard InChI is InChI=1S/C10H19NO2/c1-4-5-6-11(3)8-9(2)7-10(12)13/h7H,4-6,8H2,1-3H3,(H,12,13). The average Bonchev–Trinajstić information content (AvgIpc) is 1.98. The highest BCUT2D eigenvalue weighted by molar-refractivity contribution is 5.80. The zero-order valence-electron chi connectivity index (χ0n) is 8.71. The lowest BCUT2D eigenvalue weighted by Gasteiger charge is -2.15. The van der Waals surface area contributed by atoms with Crippen LogP contribution >= 0.6 is 0 Å². The number of unbranched alkanes of at least 4 members (excludes halogenated alkanes) is 1. The lowest BCUT2D eigenvalue weighted by Crippen LogP contribution is -2.21. The predicted molar refractivity (Wildman–Crippen MR) is 53.8 cm³/mol. The van der Waals surface area contributed by atoms with Crippen molar-refractivity contribution in [3.63, 3.8) is 0 Å². The molecule has 0 bridgehead atoms. The molecule has 0 rings (SSSR count). The number of carboxylic acids is 1. The molecule has 1 N–H and O–H groups in total. The summed E-state index contributed by atoms with van der Waals surface area (Å²) in [4.78, 5) is 12.4. The fraction of sp³-hybridized carbons (Fsp3) is 0.700. The van der Waals surface area contributed by atoms with Gasteiger partial charge in [0.2, 0.25) is 0 Å². The Morgan fingerprint density at radius 2 is 2.15 bits per heavy atom. The van der Waals surface area contributed by atoms with Crippen LogP contribution in [0.3, 0.4) is 0 Å². The topological polar surface area (TPSA) is 40.5 Å². The second-order valence-corrected chi connectivity index (χ2v) is 3.42. The van der Waals surface area contributed by atoms with Gasteiger partial charge in [-0.2, -0.15) is 0 Å². The molecule has 3 heteroatoms. The third-order valence-electron chi connectivity index (χ3n) is 1.78. The molecular weight excluding hydrogens is 166 g/mol. The van der Waals surface area contributed by atoms with Gasteiger partial charge in [0, 0.05) is 12.6 Å². The molecule has 0 aromatic carbocycles. The van der Waals surface area contributed by atoms with E-state index in [4.69, 9.17) is 5.11 Å². The maximum Gasteiger partial charge on any atom is 0.328 e. The number of carboxylic acid groups (broad SMARTS) is 1. The summed E-state index contributed by atoms with van der Waals surface area (Å²) in [6.07, 6.45) is 3.60. The predicted octanol–water partition coefficient (Wildman–Crippen LogP) is 1.75. The Morgan fingerprint density at radius 1 is 1.54 bits per heavy atom. The third-order valence-corrected chi connectivity index (χ3v) is 1.78. The Kier molecular flexibility index (Phi) is 6.24. The molecule has 0 aromatic rings. The molecule has 0 amide bonds. The molecule has 3 nitrogen and oxygen atoms in total. The summed E-state index contributed by atoms with van der Waals surface area (Å²) >= 11 is 0. The first-order valence-corrected chi connectivity index (χ1v) is 4.65. The maximum atomic E-state index is 10.3. The number of nitrogens with zero attached hydrogens (tertiary/aromatic N) is 1. The quantitative estimate of drug-likeness (QED) is 0.641. The van der Waals surface area contributed by atoms with Crippen LogP contribution in [-0.2, 0) is 4.79 Å². The number of hydrogen-bond donors (Lipinski definition) is 1. The first-order valence-electron chi connectivity index (χ1n) is 4.65. The van der Waals surface area contributed by atoms with E-state index in [0.29, 0.717) is 0 Å². The summed E-state index contributed by atoms with van der Waals surface area (Å²) < 4.78 is 0. The van der Waals surface area contributed by atoms with Crippen LogP contribution in [0.25, 0.3) is 0 Å². The fourth-order valence-electron chi connectivity index (χ4n) is 1.19. The normalized spacial score (nSPS) is 12.2. The molecule has 0 spiro atoms. The third kappa shape index (κ3) is 7.53. The van der Waals surface area contributed by atoms with Crippen molar-refractivity contribution in [1.29, 1.82) is 0 Å². The minimum absolute atomic E-state index is 0.742. The highest BCUT2D eigenvalue weighted by Gasteiger charge is 1.99. The summed E-state index contributed by atoms with van der Waals surface area (Å²) in [6, 6.07) is 0. The van der Waals surface area contributed by atoms with E-state index >= 15 is 0 Å². The first-order chi connectivity index (χ1) is 6.06. The Labute approximate surface area is 80.0 Å². The van der Waals surface area contributed by atoms with E-state index in [9.17, 15) is 4.79 Å². The van der Waals surface area contributed by atoms with Gasteiger partial charge >= 0.3 is 5.97 Å². The minimum atomic E-state index is -0.860. The molecule has 0 saturated heterocycles. The van der Waals surface area contributed by atoms with Crippen molar-refractivity contribution in [2.45, 2.75) is 26.7 Å². The molecule has 0 saturated carbocycles. The average molecular weight is 185 g/mol. The Hall–Kier alpha value is -0.830. The number of carbonyl (C=O) groups is 1. The summed E-state index contributed by atoms with van der Waals surface area (Å²) in [5.74, 6) is -0.860. The van der Waals surface area contributed by atoms with Crippen LogP contribution in [0.2, 0.25) is 0 Å². The van der Waals surface area contributed by atoms with E-state index in [0.717, 1.165) is 25.1 Å². The zero-order chi connectivity index (χ0) is 10.3. The number of hydrogen-bond acceptors (Lipinski definition) is 2. The second-order valence-electron chi connectivity index (χ2n) is 3.42. The van der Waals surface area contributed by atoms with Crippen molar-refractivity contribution in [3.8, 4) is 0 Å². The van der Waals surface area contributed by atoms with Crippen molar-refractivity contribution in [2.75, 3.05) is 20.1 Å². The molecule has 0 unspecified atom stereocenters. The van der Waals surface area contributed by atoms with Crippen molar-refractivity contribution in [2.24, 2.45) is 0 Å². The van der Waals surface area contributed by atoms with Gasteiger partial charge in [0.15, 0.2) is 0 Å². The van der Waals surface area contributed by atoms with Crippen LogP contribution < -0.4 is 0 Å². The van der Waals surface area contributed by atoms with Crippen LogP contribution in [0.15, 0.2) is 11.6 Å². The first kappa shape index (κ1) is 12.2. The lowest BCUT2D eigenvalue weighted by molar-refractivity contribution is -0.131. The molecule has 0 heterocycles. The zero-order valence-corrected chi connectivity index (χ0v) is 8.71. The second kappa shape index (κ2) is 6.66. The molecule has 0 aliphatic heterocycles. The molecular formula is C10H19NO2. The molecule has 0 atom stereocenters. The number of likely N-dealkylation sites (N-methyl/N-ethyl adjacent to an activating group) is 1. The van der Waals surface area contributed by atoms with E-state index in [-0.39, 0.29) is 0 Å². The van der Waals surface area contributed by atoms with Gasteiger partial charge in [-0.3, -0.25) is 0 Å². The van der Waals surface area contributed by atoms with Crippen molar-refractivity contribution in [1.82, 2.24) is 4.90 Å². The van der Waals surface area contributed by atoms with E-state index in [2.05, 4.69) is 11.8 Å². The Morgan fingerprint density at radius 3 is 2.62 bits per heavy atom. The van der Waals surface area contributed by atoms with Gasteiger partial charge in [0.05, 0.1) is 0 Å². The minimum Gasteiger partial charge on any atom is -0.478 e. The lowest BCUT2D eigenvalue weighted by atomic mass is 10.2. The van der Waals surface area contributed by atoms with Crippen molar-refractivity contribution in [3.05, 3.63) is 11.6 Å². The summed E-state index contributed by atoms with van der Waals surface area (Å²) in [5, 5.41) is 8.48.